The van der Waals surface area contributed by atoms with E-state index >= 15 is 4.79 Å². The molecule has 12 nitrogen and oxygen atoms in total. The van der Waals surface area contributed by atoms with Gasteiger partial charge in [-0.15, -0.1) is 11.3 Å². The van der Waals surface area contributed by atoms with Crippen molar-refractivity contribution in [1.29, 1.82) is 0 Å². The molecule has 3 fully saturated rings. The Balaban J connectivity index is 1.14. The van der Waals surface area contributed by atoms with Gasteiger partial charge in [-0.25, -0.2) is 9.80 Å². The number of hydrogen-bond acceptors (Lipinski definition) is 9. The third-order valence-electron chi connectivity index (χ3n) is 12.0. The van der Waals surface area contributed by atoms with Crippen molar-refractivity contribution in [2.24, 2.45) is 36.1 Å². The number of phenolic OH excluding ortho intramolecular Hbond substituents is 1. The number of aromatic nitrogens is 2. The van der Waals surface area contributed by atoms with E-state index in [1.54, 1.807) is 38.2 Å². The van der Waals surface area contributed by atoms with Crippen LogP contribution >= 0.6 is 22.9 Å². The highest BCUT2D eigenvalue weighted by atomic mass is 35.5. The number of allylic oxidation sites excluding steroid dienone is 2. The summed E-state index contributed by atoms with van der Waals surface area (Å²) in [6.07, 6.45) is 2.19. The molecule has 3 aromatic carbocycles. The molecule has 2 saturated heterocycles. The number of imide groups is 2. The van der Waals surface area contributed by atoms with Crippen LogP contribution in [0.1, 0.15) is 36.8 Å². The zero-order valence-electron chi connectivity index (χ0n) is 29.2. The van der Waals surface area contributed by atoms with E-state index in [4.69, 9.17) is 16.7 Å². The fourth-order valence-electron chi connectivity index (χ4n) is 9.52. The van der Waals surface area contributed by atoms with Crippen molar-refractivity contribution in [1.82, 2.24) is 9.78 Å². The third kappa shape index (κ3) is 4.64. The lowest BCUT2D eigenvalue weighted by molar-refractivity contribution is -0.384. The Kier molecular flexibility index (Phi) is 7.54. The topological polar surface area (TPSA) is 156 Å². The Hall–Kier alpha value is -5.66. The number of carbonyl (C=O) groups is 4. The number of fused-ring (bicyclic) bond motifs is 5. The quantitative estimate of drug-likeness (QED) is 0.0846. The molecule has 4 heterocycles. The summed E-state index contributed by atoms with van der Waals surface area (Å²) in [6.45, 7) is 3.74. The molecule has 54 heavy (non-hydrogen) atoms. The van der Waals surface area contributed by atoms with Crippen molar-refractivity contribution >= 4 is 73.8 Å². The number of carbonyl (C=O) groups excluding carboxylic acids is 4. The molecule has 6 atom stereocenters. The minimum atomic E-state index is -1.37. The number of nitro benzene ring substituents is 1. The molecule has 272 valence electrons. The number of rotatable bonds is 5. The average molecular weight is 762 g/mol. The highest BCUT2D eigenvalue weighted by Crippen LogP contribution is 2.64. The van der Waals surface area contributed by atoms with Crippen molar-refractivity contribution < 1.29 is 29.2 Å². The number of hydrogen-bond donors (Lipinski definition) is 1. The molecule has 4 amide bonds. The highest BCUT2D eigenvalue weighted by molar-refractivity contribution is 7.22. The van der Waals surface area contributed by atoms with Gasteiger partial charge < -0.3 is 5.11 Å². The Morgan fingerprint density at radius 3 is 2.50 bits per heavy atom. The standard InChI is InChI=1S/C40H32ClN5O7S/c1-19-26-15-20(41)11-14-31(26)54-35(19)29-18-32(43(3)42-29)45-37(49)28-17-27-23(34(40(28,2)39(45)51)24-9-4-5-10-30(24)47)12-13-25-33(27)38(50)44(36(25)48)21-7-6-8-22(16-21)46(52)53/h4-12,14-16,18,25,27-28,33-34,47H,13,17H2,1-3H3. The van der Waals surface area contributed by atoms with Crippen LogP contribution in [0.2, 0.25) is 5.02 Å². The van der Waals surface area contributed by atoms with E-state index in [2.05, 4.69) is 0 Å². The number of amides is 4. The summed E-state index contributed by atoms with van der Waals surface area (Å²) in [5, 5.41) is 29.2. The second-order valence-electron chi connectivity index (χ2n) is 14.7. The molecule has 2 aliphatic carbocycles. The summed E-state index contributed by atoms with van der Waals surface area (Å²) in [5.74, 6) is -5.63. The summed E-state index contributed by atoms with van der Waals surface area (Å²) in [4.78, 5) is 72.2. The van der Waals surface area contributed by atoms with Gasteiger partial charge in [0.2, 0.25) is 23.6 Å². The van der Waals surface area contributed by atoms with Crippen LogP contribution in [0.25, 0.3) is 20.7 Å². The predicted octanol–water partition coefficient (Wildman–Crippen LogP) is 7.31. The molecule has 1 saturated carbocycles. The van der Waals surface area contributed by atoms with Gasteiger partial charge in [-0.2, -0.15) is 5.10 Å². The molecule has 4 aliphatic rings. The van der Waals surface area contributed by atoms with Crippen LogP contribution in [-0.4, -0.2) is 43.4 Å². The van der Waals surface area contributed by atoms with Crippen LogP contribution in [0.15, 0.2) is 84.4 Å². The van der Waals surface area contributed by atoms with E-state index in [0.29, 0.717) is 27.7 Å². The number of phenols is 1. The normalized spacial score (nSPS) is 26.3. The summed E-state index contributed by atoms with van der Waals surface area (Å²) < 4.78 is 2.55. The van der Waals surface area contributed by atoms with Gasteiger partial charge in [0.15, 0.2) is 0 Å². The number of non-ortho nitro benzene ring substituents is 1. The first-order valence-electron chi connectivity index (χ1n) is 17.5. The fourth-order valence-corrected chi connectivity index (χ4v) is 10.8. The number of benzene rings is 3. The van der Waals surface area contributed by atoms with E-state index in [0.717, 1.165) is 25.4 Å². The molecule has 0 bridgehead atoms. The lowest BCUT2D eigenvalue weighted by Gasteiger charge is -2.49. The zero-order valence-corrected chi connectivity index (χ0v) is 30.8. The van der Waals surface area contributed by atoms with Gasteiger partial charge >= 0.3 is 0 Å². The molecular weight excluding hydrogens is 730 g/mol. The van der Waals surface area contributed by atoms with Gasteiger partial charge in [-0.1, -0.05) is 47.5 Å². The molecule has 1 N–H and O–H groups in total. The first-order chi connectivity index (χ1) is 25.8. The lowest BCUT2D eigenvalue weighted by atomic mass is 9.51. The molecular formula is C40H32ClN5O7S. The first kappa shape index (κ1) is 34.1. The fraction of sp³-hybridized carbons (Fsp3) is 0.275. The average Bonchev–Trinajstić information content (AvgIpc) is 3.82. The van der Waals surface area contributed by atoms with Gasteiger partial charge in [0.1, 0.15) is 17.3 Å². The molecule has 6 unspecified atom stereocenters. The van der Waals surface area contributed by atoms with E-state index in [1.807, 2.05) is 31.2 Å². The van der Waals surface area contributed by atoms with Crippen LogP contribution < -0.4 is 9.80 Å². The van der Waals surface area contributed by atoms with Crippen LogP contribution in [-0.2, 0) is 26.2 Å². The van der Waals surface area contributed by atoms with Gasteiger partial charge in [-0.3, -0.25) is 34.0 Å². The Morgan fingerprint density at radius 2 is 1.74 bits per heavy atom. The monoisotopic (exact) mass is 761 g/mol. The van der Waals surface area contributed by atoms with Crippen molar-refractivity contribution in [2.75, 3.05) is 9.80 Å². The number of para-hydroxylation sites is 1. The maximum absolute atomic E-state index is 15.0. The van der Waals surface area contributed by atoms with Crippen LogP contribution in [0, 0.1) is 46.1 Å². The molecule has 9 rings (SSSR count). The molecule has 14 heteroatoms. The van der Waals surface area contributed by atoms with E-state index in [9.17, 15) is 29.6 Å². The van der Waals surface area contributed by atoms with Crippen molar-refractivity contribution in [3.8, 4) is 16.3 Å². The minimum Gasteiger partial charge on any atom is -0.508 e. The largest absolute Gasteiger partial charge is 0.508 e. The minimum absolute atomic E-state index is 0.0555. The number of halogens is 1. The summed E-state index contributed by atoms with van der Waals surface area (Å²) >= 11 is 7.84. The van der Waals surface area contributed by atoms with Gasteiger partial charge in [-0.05, 0) is 73.9 Å². The maximum atomic E-state index is 15.0. The number of nitrogens with zero attached hydrogens (tertiary/aromatic N) is 5. The number of aromatic hydroxyl groups is 1. The van der Waals surface area contributed by atoms with E-state index < -0.39 is 63.6 Å². The van der Waals surface area contributed by atoms with Crippen molar-refractivity contribution in [3.63, 3.8) is 0 Å². The van der Waals surface area contributed by atoms with Crippen LogP contribution in [0.5, 0.6) is 5.75 Å². The van der Waals surface area contributed by atoms with Crippen LogP contribution in [0.4, 0.5) is 17.2 Å². The summed E-state index contributed by atoms with van der Waals surface area (Å²) in [5.41, 5.74) is 1.21. The Bertz CT molecular complexity index is 2560. The van der Waals surface area contributed by atoms with Crippen LogP contribution in [0.3, 0.4) is 0 Å². The second kappa shape index (κ2) is 11.9. The van der Waals surface area contributed by atoms with Gasteiger partial charge in [0, 0.05) is 46.5 Å². The Labute approximate surface area is 317 Å². The predicted molar refractivity (Wildman–Crippen MR) is 202 cm³/mol. The van der Waals surface area contributed by atoms with Gasteiger partial charge in [0.25, 0.3) is 5.69 Å². The summed E-state index contributed by atoms with van der Waals surface area (Å²) in [6, 6.07) is 19.5. The van der Waals surface area contributed by atoms with Crippen molar-refractivity contribution in [3.05, 3.63) is 111 Å². The molecule has 0 spiro atoms. The maximum Gasteiger partial charge on any atom is 0.271 e. The molecule has 0 radical (unpaired) electrons. The molecule has 2 aromatic heterocycles. The zero-order chi connectivity index (χ0) is 38.0. The number of anilines is 2. The number of thiophene rings is 1. The summed E-state index contributed by atoms with van der Waals surface area (Å²) in [7, 11) is 1.68. The third-order valence-corrected chi connectivity index (χ3v) is 13.6. The van der Waals surface area contributed by atoms with Crippen molar-refractivity contribution in [2.45, 2.75) is 32.6 Å². The Morgan fingerprint density at radius 1 is 0.963 bits per heavy atom. The van der Waals surface area contributed by atoms with E-state index in [1.165, 1.54) is 51.3 Å². The smallest absolute Gasteiger partial charge is 0.271 e. The SMILES string of the molecule is Cc1c(-c2cc(N3C(=O)C4CC5C(=CCC6C(=O)N(c7cccc([N+](=O)[O-])c7)C(=O)C65)C(c5ccccc5O)C4(C)C3=O)n(C)n2)sc2ccc(Cl)cc12. The first-order valence-corrected chi connectivity index (χ1v) is 18.7. The number of aryl methyl sites for hydroxylation is 2. The number of nitro groups is 1. The molecule has 5 aromatic rings. The lowest BCUT2D eigenvalue weighted by Crippen LogP contribution is -2.49. The second-order valence-corrected chi connectivity index (χ2v) is 16.2. The van der Waals surface area contributed by atoms with E-state index in [-0.39, 0.29) is 30.0 Å². The molecule has 2 aliphatic heterocycles. The highest BCUT2D eigenvalue weighted by Gasteiger charge is 2.68. The van der Waals surface area contributed by atoms with Gasteiger partial charge in [0.05, 0.1) is 38.7 Å².